The number of hydrogen-bond acceptors (Lipinski definition) is 3. The Kier molecular flexibility index (Phi) is 4.68. The Balaban J connectivity index is 1.78. The molecule has 2 aliphatic rings. The van der Waals surface area contributed by atoms with E-state index in [1.54, 1.807) is 0 Å². The summed E-state index contributed by atoms with van der Waals surface area (Å²) < 4.78 is 0. The summed E-state index contributed by atoms with van der Waals surface area (Å²) in [7, 11) is 0. The second-order valence-corrected chi connectivity index (χ2v) is 7.11. The highest BCUT2D eigenvalue weighted by Gasteiger charge is 2.32. The minimum Gasteiger partial charge on any atom is -0.355 e. The molecular weight excluding hydrogens is 254 g/mol. The number of nitrogens with zero attached hydrogens (tertiary/aromatic N) is 1. The van der Waals surface area contributed by atoms with Gasteiger partial charge in [-0.2, -0.15) is 0 Å². The number of rotatable bonds is 3. The Morgan fingerprint density at radius 1 is 1.30 bits per heavy atom. The molecule has 2 aliphatic heterocycles. The molecule has 5 heteroatoms. The van der Waals surface area contributed by atoms with E-state index in [-0.39, 0.29) is 23.1 Å². The van der Waals surface area contributed by atoms with Gasteiger partial charge in [0.25, 0.3) is 0 Å². The summed E-state index contributed by atoms with van der Waals surface area (Å²) in [4.78, 5) is 26.1. The maximum atomic E-state index is 12.2. The van der Waals surface area contributed by atoms with E-state index in [4.69, 9.17) is 0 Å². The fraction of sp³-hybridized carbons (Fsp3) is 0.867. The molecule has 0 bridgehead atoms. The lowest BCUT2D eigenvalue weighted by Crippen LogP contribution is -2.54. The van der Waals surface area contributed by atoms with Crippen LogP contribution in [0.5, 0.6) is 0 Å². The first-order valence-corrected chi connectivity index (χ1v) is 7.65. The molecule has 114 valence electrons. The number of hydrogen-bond donors (Lipinski definition) is 2. The molecule has 2 saturated heterocycles. The topological polar surface area (TPSA) is 61.4 Å². The first kappa shape index (κ1) is 15.3. The summed E-state index contributed by atoms with van der Waals surface area (Å²) in [6.07, 6.45) is 2.14. The molecule has 0 saturated carbocycles. The third kappa shape index (κ3) is 3.72. The van der Waals surface area contributed by atoms with Gasteiger partial charge in [-0.15, -0.1) is 0 Å². The van der Waals surface area contributed by atoms with Crippen molar-refractivity contribution in [3.63, 3.8) is 0 Å². The number of piperidine rings is 1. The van der Waals surface area contributed by atoms with Crippen molar-refractivity contribution in [3.05, 3.63) is 0 Å². The number of carbonyl (C=O) groups is 2. The summed E-state index contributed by atoms with van der Waals surface area (Å²) in [6.45, 7) is 9.75. The van der Waals surface area contributed by atoms with Gasteiger partial charge in [-0.25, -0.2) is 0 Å². The highest BCUT2D eigenvalue weighted by Crippen LogP contribution is 2.20. The molecule has 20 heavy (non-hydrogen) atoms. The summed E-state index contributed by atoms with van der Waals surface area (Å²) in [5.74, 6) is 0.949. The van der Waals surface area contributed by atoms with E-state index in [0.717, 1.165) is 39.0 Å². The first-order chi connectivity index (χ1) is 9.38. The smallest absolute Gasteiger partial charge is 0.228 e. The zero-order chi connectivity index (χ0) is 14.8. The average molecular weight is 281 g/mol. The Labute approximate surface area is 121 Å². The third-order valence-electron chi connectivity index (χ3n) is 4.19. The summed E-state index contributed by atoms with van der Waals surface area (Å²) in [6, 6.07) is 0. The minimum atomic E-state index is -0.345. The lowest BCUT2D eigenvalue weighted by Gasteiger charge is -2.37. The molecule has 0 aromatic rings. The van der Waals surface area contributed by atoms with E-state index in [0.29, 0.717) is 12.5 Å². The lowest BCUT2D eigenvalue weighted by atomic mass is 9.93. The van der Waals surface area contributed by atoms with Gasteiger partial charge in [0.15, 0.2) is 0 Å². The standard InChI is InChI=1S/C15H27N3O2/c1-15(2,3)14(20)17-7-11-5-4-6-18(10-11)13(19)12-8-16-9-12/h11-12,16H,4-10H2,1-3H3,(H,17,20). The van der Waals surface area contributed by atoms with Gasteiger partial charge in [0, 0.05) is 38.1 Å². The lowest BCUT2D eigenvalue weighted by molar-refractivity contribution is -0.138. The highest BCUT2D eigenvalue weighted by atomic mass is 16.2. The molecule has 0 aromatic carbocycles. The molecule has 0 aromatic heterocycles. The van der Waals surface area contributed by atoms with Gasteiger partial charge in [0.2, 0.25) is 11.8 Å². The molecule has 5 nitrogen and oxygen atoms in total. The van der Waals surface area contributed by atoms with E-state index in [2.05, 4.69) is 10.6 Å². The number of carbonyl (C=O) groups excluding carboxylic acids is 2. The van der Waals surface area contributed by atoms with Crippen molar-refractivity contribution in [2.24, 2.45) is 17.3 Å². The molecule has 1 atom stereocenters. The van der Waals surface area contributed by atoms with Gasteiger partial charge in [-0.1, -0.05) is 20.8 Å². The third-order valence-corrected chi connectivity index (χ3v) is 4.19. The van der Waals surface area contributed by atoms with Crippen molar-refractivity contribution in [1.29, 1.82) is 0 Å². The average Bonchev–Trinajstić information content (AvgIpc) is 2.33. The Morgan fingerprint density at radius 2 is 2.00 bits per heavy atom. The van der Waals surface area contributed by atoms with Crippen LogP contribution < -0.4 is 10.6 Å². The van der Waals surface area contributed by atoms with Crippen LogP contribution in [0.25, 0.3) is 0 Å². The van der Waals surface area contributed by atoms with Crippen LogP contribution in [-0.2, 0) is 9.59 Å². The van der Waals surface area contributed by atoms with Gasteiger partial charge in [0.05, 0.1) is 5.92 Å². The van der Waals surface area contributed by atoms with E-state index < -0.39 is 0 Å². The van der Waals surface area contributed by atoms with E-state index in [1.165, 1.54) is 0 Å². The Hall–Kier alpha value is -1.10. The molecule has 2 amide bonds. The van der Waals surface area contributed by atoms with Gasteiger partial charge >= 0.3 is 0 Å². The first-order valence-electron chi connectivity index (χ1n) is 7.65. The molecule has 2 fully saturated rings. The predicted octanol–water partition coefficient (Wildman–Crippen LogP) is 0.607. The van der Waals surface area contributed by atoms with Crippen molar-refractivity contribution < 1.29 is 9.59 Å². The van der Waals surface area contributed by atoms with Crippen molar-refractivity contribution in [1.82, 2.24) is 15.5 Å². The van der Waals surface area contributed by atoms with Crippen molar-refractivity contribution >= 4 is 11.8 Å². The van der Waals surface area contributed by atoms with Gasteiger partial charge < -0.3 is 15.5 Å². The molecule has 1 unspecified atom stereocenters. The molecule has 0 radical (unpaired) electrons. The van der Waals surface area contributed by atoms with Crippen molar-refractivity contribution in [3.8, 4) is 0 Å². The Bertz CT molecular complexity index is 372. The molecule has 2 rings (SSSR count). The largest absolute Gasteiger partial charge is 0.355 e. The van der Waals surface area contributed by atoms with E-state index in [1.807, 2.05) is 25.7 Å². The van der Waals surface area contributed by atoms with Gasteiger partial charge in [0.1, 0.15) is 0 Å². The Morgan fingerprint density at radius 3 is 2.55 bits per heavy atom. The molecule has 2 N–H and O–H groups in total. The van der Waals surface area contributed by atoms with Crippen LogP contribution in [0, 0.1) is 17.3 Å². The second-order valence-electron chi connectivity index (χ2n) is 7.11. The predicted molar refractivity (Wildman–Crippen MR) is 78.1 cm³/mol. The number of likely N-dealkylation sites (tertiary alicyclic amines) is 1. The van der Waals surface area contributed by atoms with Crippen LogP contribution in [-0.4, -0.2) is 49.4 Å². The molecule has 0 spiro atoms. The van der Waals surface area contributed by atoms with Crippen LogP contribution in [0.15, 0.2) is 0 Å². The van der Waals surface area contributed by atoms with Gasteiger partial charge in [-0.05, 0) is 18.8 Å². The van der Waals surface area contributed by atoms with E-state index in [9.17, 15) is 9.59 Å². The van der Waals surface area contributed by atoms with Gasteiger partial charge in [-0.3, -0.25) is 9.59 Å². The molecule has 0 aliphatic carbocycles. The highest BCUT2D eigenvalue weighted by molar-refractivity contribution is 5.81. The summed E-state index contributed by atoms with van der Waals surface area (Å²) >= 11 is 0. The minimum absolute atomic E-state index is 0.0872. The maximum Gasteiger partial charge on any atom is 0.228 e. The summed E-state index contributed by atoms with van der Waals surface area (Å²) in [5.41, 5.74) is -0.345. The number of nitrogens with one attached hydrogen (secondary N) is 2. The van der Waals surface area contributed by atoms with Crippen LogP contribution >= 0.6 is 0 Å². The fourth-order valence-corrected chi connectivity index (χ4v) is 2.66. The quantitative estimate of drug-likeness (QED) is 0.796. The van der Waals surface area contributed by atoms with Crippen LogP contribution in [0.2, 0.25) is 0 Å². The van der Waals surface area contributed by atoms with Crippen LogP contribution in [0.1, 0.15) is 33.6 Å². The molecule has 2 heterocycles. The van der Waals surface area contributed by atoms with E-state index >= 15 is 0 Å². The van der Waals surface area contributed by atoms with Crippen LogP contribution in [0.3, 0.4) is 0 Å². The summed E-state index contributed by atoms with van der Waals surface area (Å²) in [5, 5.41) is 6.16. The monoisotopic (exact) mass is 281 g/mol. The fourth-order valence-electron chi connectivity index (χ4n) is 2.66. The maximum absolute atomic E-state index is 12.2. The van der Waals surface area contributed by atoms with Crippen molar-refractivity contribution in [2.75, 3.05) is 32.7 Å². The van der Waals surface area contributed by atoms with Crippen molar-refractivity contribution in [2.45, 2.75) is 33.6 Å². The molecular formula is C15H27N3O2. The second kappa shape index (κ2) is 6.12. The zero-order valence-corrected chi connectivity index (χ0v) is 12.9. The SMILES string of the molecule is CC(C)(C)C(=O)NCC1CCCN(C(=O)C2CNC2)C1. The number of amides is 2. The normalized spacial score (nSPS) is 24.1. The zero-order valence-electron chi connectivity index (χ0n) is 12.9. The van der Waals surface area contributed by atoms with Crippen LogP contribution in [0.4, 0.5) is 0 Å².